The van der Waals surface area contributed by atoms with Gasteiger partial charge in [0, 0.05) is 27.9 Å². The van der Waals surface area contributed by atoms with Crippen LogP contribution in [-0.2, 0) is 0 Å². The normalized spacial score (nSPS) is 11.5. The number of hydrogen-bond donors (Lipinski definition) is 2. The van der Waals surface area contributed by atoms with Crippen LogP contribution in [0.4, 0.5) is 5.69 Å². The van der Waals surface area contributed by atoms with Crippen molar-refractivity contribution >= 4 is 28.9 Å². The first-order chi connectivity index (χ1) is 6.93. The number of hydrogen-bond acceptors (Lipinski definition) is 2. The van der Waals surface area contributed by atoms with E-state index in [9.17, 15) is 0 Å². The van der Waals surface area contributed by atoms with Crippen molar-refractivity contribution in [1.29, 1.82) is 0 Å². The molecule has 0 aliphatic rings. The van der Waals surface area contributed by atoms with Crippen LogP contribution < -0.4 is 5.32 Å². The Morgan fingerprint density at radius 1 is 1.20 bits per heavy atom. The molecule has 0 heterocycles. The molecule has 1 rings (SSSR count). The highest BCUT2D eigenvalue weighted by Crippen LogP contribution is 2.25. The zero-order valence-corrected chi connectivity index (χ0v) is 10.4. The van der Waals surface area contributed by atoms with Gasteiger partial charge in [0.05, 0.1) is 0 Å². The van der Waals surface area contributed by atoms with Crippen molar-refractivity contribution in [3.8, 4) is 0 Å². The SMILES string of the molecule is CC(C)(CCO)Nc1cc(Cl)cc(Cl)c1. The summed E-state index contributed by atoms with van der Waals surface area (Å²) in [6, 6.07) is 5.31. The highest BCUT2D eigenvalue weighted by Gasteiger charge is 2.16. The Morgan fingerprint density at radius 3 is 2.20 bits per heavy atom. The van der Waals surface area contributed by atoms with Gasteiger partial charge >= 0.3 is 0 Å². The molecule has 0 atom stereocenters. The lowest BCUT2D eigenvalue weighted by Gasteiger charge is -2.26. The number of benzene rings is 1. The van der Waals surface area contributed by atoms with Crippen molar-refractivity contribution < 1.29 is 5.11 Å². The Labute approximate surface area is 100 Å². The lowest BCUT2D eigenvalue weighted by molar-refractivity contribution is 0.261. The van der Waals surface area contributed by atoms with Crippen molar-refractivity contribution in [3.63, 3.8) is 0 Å². The van der Waals surface area contributed by atoms with Gasteiger partial charge in [-0.3, -0.25) is 0 Å². The van der Waals surface area contributed by atoms with Gasteiger partial charge in [-0.2, -0.15) is 0 Å². The van der Waals surface area contributed by atoms with E-state index in [4.69, 9.17) is 28.3 Å². The molecule has 2 N–H and O–H groups in total. The van der Waals surface area contributed by atoms with Gasteiger partial charge in [0.2, 0.25) is 0 Å². The molecule has 4 heteroatoms. The maximum Gasteiger partial charge on any atom is 0.0453 e. The van der Waals surface area contributed by atoms with Crippen LogP contribution in [0.2, 0.25) is 10.0 Å². The molecule has 0 fully saturated rings. The largest absolute Gasteiger partial charge is 0.396 e. The van der Waals surface area contributed by atoms with Crippen LogP contribution in [0.3, 0.4) is 0 Å². The average molecular weight is 248 g/mol. The van der Waals surface area contributed by atoms with Crippen LogP contribution in [0.15, 0.2) is 18.2 Å². The monoisotopic (exact) mass is 247 g/mol. The van der Waals surface area contributed by atoms with Crippen molar-refractivity contribution in [3.05, 3.63) is 28.2 Å². The minimum Gasteiger partial charge on any atom is -0.396 e. The fraction of sp³-hybridized carbons (Fsp3) is 0.455. The summed E-state index contributed by atoms with van der Waals surface area (Å²) in [5, 5.41) is 13.4. The smallest absolute Gasteiger partial charge is 0.0453 e. The van der Waals surface area contributed by atoms with E-state index < -0.39 is 0 Å². The lowest BCUT2D eigenvalue weighted by Crippen LogP contribution is -2.31. The second-order valence-corrected chi connectivity index (χ2v) is 5.01. The molecule has 0 aromatic heterocycles. The van der Waals surface area contributed by atoms with Gasteiger partial charge < -0.3 is 10.4 Å². The number of rotatable bonds is 4. The fourth-order valence-electron chi connectivity index (χ4n) is 1.36. The molecule has 15 heavy (non-hydrogen) atoms. The topological polar surface area (TPSA) is 32.3 Å². The van der Waals surface area contributed by atoms with E-state index in [1.165, 1.54) is 0 Å². The lowest BCUT2D eigenvalue weighted by atomic mass is 10.0. The van der Waals surface area contributed by atoms with Crippen LogP contribution in [0, 0.1) is 0 Å². The molecule has 0 unspecified atom stereocenters. The summed E-state index contributed by atoms with van der Waals surface area (Å²) in [7, 11) is 0. The van der Waals surface area contributed by atoms with Crippen molar-refractivity contribution in [1.82, 2.24) is 0 Å². The second-order valence-electron chi connectivity index (χ2n) is 4.14. The molecular formula is C11H15Cl2NO. The first-order valence-electron chi connectivity index (χ1n) is 4.78. The number of halogens is 2. The molecule has 0 aliphatic heterocycles. The molecule has 0 amide bonds. The highest BCUT2D eigenvalue weighted by molar-refractivity contribution is 6.35. The first kappa shape index (κ1) is 12.6. The fourth-order valence-corrected chi connectivity index (χ4v) is 1.88. The molecule has 0 radical (unpaired) electrons. The zero-order valence-electron chi connectivity index (χ0n) is 8.85. The number of anilines is 1. The average Bonchev–Trinajstić information content (AvgIpc) is 1.99. The molecule has 0 saturated carbocycles. The van der Waals surface area contributed by atoms with E-state index in [2.05, 4.69) is 5.32 Å². The van der Waals surface area contributed by atoms with Gasteiger partial charge in [-0.1, -0.05) is 23.2 Å². The Kier molecular flexibility index (Phi) is 4.26. The van der Waals surface area contributed by atoms with Crippen molar-refractivity contribution in [2.45, 2.75) is 25.8 Å². The van der Waals surface area contributed by atoms with Gasteiger partial charge in [-0.25, -0.2) is 0 Å². The molecule has 1 aromatic rings. The Balaban J connectivity index is 2.80. The van der Waals surface area contributed by atoms with Crippen LogP contribution in [0.5, 0.6) is 0 Å². The summed E-state index contributed by atoms with van der Waals surface area (Å²) in [5.74, 6) is 0. The molecule has 0 aliphatic carbocycles. The quantitative estimate of drug-likeness (QED) is 0.853. The highest BCUT2D eigenvalue weighted by atomic mass is 35.5. The van der Waals surface area contributed by atoms with E-state index in [1.54, 1.807) is 6.07 Å². The molecule has 0 saturated heterocycles. The first-order valence-corrected chi connectivity index (χ1v) is 5.54. The van der Waals surface area contributed by atoms with Gasteiger partial charge in [0.25, 0.3) is 0 Å². The Hall–Kier alpha value is -0.440. The van der Waals surface area contributed by atoms with Crippen LogP contribution >= 0.6 is 23.2 Å². The third-order valence-corrected chi connectivity index (χ3v) is 2.52. The standard InChI is InChI=1S/C11H15Cl2NO/c1-11(2,3-4-15)14-10-6-8(12)5-9(13)7-10/h5-7,14-15H,3-4H2,1-2H3. The van der Waals surface area contributed by atoms with Crippen LogP contribution in [0.25, 0.3) is 0 Å². The molecule has 84 valence electrons. The van der Waals surface area contributed by atoms with Crippen molar-refractivity contribution in [2.24, 2.45) is 0 Å². The summed E-state index contributed by atoms with van der Waals surface area (Å²) in [4.78, 5) is 0. The minimum absolute atomic E-state index is 0.147. The second kappa shape index (κ2) is 5.06. The molecule has 2 nitrogen and oxygen atoms in total. The van der Waals surface area contributed by atoms with Gasteiger partial charge in [0.15, 0.2) is 0 Å². The van der Waals surface area contributed by atoms with E-state index in [0.717, 1.165) is 5.69 Å². The van der Waals surface area contributed by atoms with Crippen LogP contribution in [-0.4, -0.2) is 17.3 Å². The molecule has 0 spiro atoms. The summed E-state index contributed by atoms with van der Waals surface area (Å²) in [5.41, 5.74) is 0.689. The van der Waals surface area contributed by atoms with Crippen LogP contribution in [0.1, 0.15) is 20.3 Å². The van der Waals surface area contributed by atoms with Crippen molar-refractivity contribution in [2.75, 3.05) is 11.9 Å². The maximum absolute atomic E-state index is 8.90. The summed E-state index contributed by atoms with van der Waals surface area (Å²) >= 11 is 11.8. The third kappa shape index (κ3) is 4.29. The molecule has 1 aromatic carbocycles. The summed E-state index contributed by atoms with van der Waals surface area (Å²) in [6.45, 7) is 4.17. The zero-order chi connectivity index (χ0) is 11.5. The predicted molar refractivity (Wildman–Crippen MR) is 65.9 cm³/mol. The molecule has 0 bridgehead atoms. The summed E-state index contributed by atoms with van der Waals surface area (Å²) in [6.07, 6.45) is 0.664. The van der Waals surface area contributed by atoms with E-state index in [-0.39, 0.29) is 12.1 Å². The number of nitrogens with one attached hydrogen (secondary N) is 1. The number of aliphatic hydroxyl groups is 1. The van der Waals surface area contributed by atoms with E-state index >= 15 is 0 Å². The Bertz CT molecular complexity index is 319. The predicted octanol–water partition coefficient (Wildman–Crippen LogP) is 3.57. The number of aliphatic hydroxyl groups excluding tert-OH is 1. The third-order valence-electron chi connectivity index (χ3n) is 2.08. The Morgan fingerprint density at radius 2 is 1.73 bits per heavy atom. The summed E-state index contributed by atoms with van der Waals surface area (Å²) < 4.78 is 0. The van der Waals surface area contributed by atoms with Gasteiger partial charge in [0.1, 0.15) is 0 Å². The minimum atomic E-state index is -0.178. The van der Waals surface area contributed by atoms with E-state index in [1.807, 2.05) is 26.0 Å². The molecular weight excluding hydrogens is 233 g/mol. The van der Waals surface area contributed by atoms with Gasteiger partial charge in [-0.15, -0.1) is 0 Å². The maximum atomic E-state index is 8.90. The van der Waals surface area contributed by atoms with Gasteiger partial charge in [-0.05, 0) is 38.5 Å². The van der Waals surface area contributed by atoms with E-state index in [0.29, 0.717) is 16.5 Å².